The second kappa shape index (κ2) is 14.1. The van der Waals surface area contributed by atoms with Crippen LogP contribution in [0, 0.1) is 33.5 Å². The van der Waals surface area contributed by atoms with Crippen molar-refractivity contribution in [2.45, 2.75) is 168 Å². The summed E-state index contributed by atoms with van der Waals surface area (Å²) in [5, 5.41) is 8.91. The minimum atomic E-state index is -1.09. The summed E-state index contributed by atoms with van der Waals surface area (Å²) in [6.07, 6.45) is 11.4. The molecule has 5 fully saturated rings. The van der Waals surface area contributed by atoms with E-state index in [-0.39, 0.29) is 46.3 Å². The molecule has 7 N–H and O–H groups in total. The molecule has 5 rings (SSSR count). The standard InChI is InChI=1S/C39H64N6O6/c1-35(2,3)30(44-33(50)28(24-15-9-8-10-16-24)43-27(46)21-36(4,5)41)34(51)45-22-39(37(6,7)38(39)17-12-18-38)20-26(45)32(49)42-25(29(47)31(40)48)19-23-13-11-14-23/h23-26,28,30H,8-22,41H2,1-7H3,(H2,40,48)(H,42,49)(H,43,46)(H,44,50)/t25?,26-,28-,30+,39+/m0/s1. The number of nitrogens with two attached hydrogens (primary N) is 2. The predicted octanol–water partition coefficient (Wildman–Crippen LogP) is 3.24. The molecule has 2 spiro atoms. The van der Waals surface area contributed by atoms with Crippen molar-refractivity contribution in [3.63, 3.8) is 0 Å². The van der Waals surface area contributed by atoms with Gasteiger partial charge in [0.25, 0.3) is 5.91 Å². The lowest BCUT2D eigenvalue weighted by molar-refractivity contribution is -0.145. The average Bonchev–Trinajstić information content (AvgIpc) is 3.20. The normalized spacial score (nSPS) is 27.5. The van der Waals surface area contributed by atoms with Crippen LogP contribution in [0.1, 0.15) is 138 Å². The van der Waals surface area contributed by atoms with E-state index in [9.17, 15) is 28.8 Å². The van der Waals surface area contributed by atoms with Crippen LogP contribution in [0.15, 0.2) is 0 Å². The number of hydrogen-bond donors (Lipinski definition) is 5. The van der Waals surface area contributed by atoms with Crippen LogP contribution >= 0.6 is 0 Å². The van der Waals surface area contributed by atoms with Crippen molar-refractivity contribution in [2.24, 2.45) is 45.0 Å². The zero-order valence-electron chi connectivity index (χ0n) is 32.1. The molecule has 0 aromatic heterocycles. The van der Waals surface area contributed by atoms with E-state index in [1.54, 1.807) is 18.7 Å². The van der Waals surface area contributed by atoms with Crippen LogP contribution in [0.2, 0.25) is 0 Å². The fourth-order valence-corrected chi connectivity index (χ4v) is 10.3. The first kappa shape index (κ1) is 39.2. The van der Waals surface area contributed by atoms with Gasteiger partial charge in [-0.25, -0.2) is 0 Å². The van der Waals surface area contributed by atoms with Crippen molar-refractivity contribution in [2.75, 3.05) is 6.54 Å². The minimum Gasteiger partial charge on any atom is -0.363 e. The molecule has 0 aromatic carbocycles. The number of primary amides is 1. The summed E-state index contributed by atoms with van der Waals surface area (Å²) in [7, 11) is 0. The number of hydrogen-bond acceptors (Lipinski definition) is 7. The van der Waals surface area contributed by atoms with Crippen LogP contribution in [-0.2, 0) is 28.8 Å². The lowest BCUT2D eigenvalue weighted by Gasteiger charge is -2.38. The summed E-state index contributed by atoms with van der Waals surface area (Å²) in [6, 6.07) is -3.75. The van der Waals surface area contributed by atoms with Gasteiger partial charge in [-0.1, -0.05) is 79.6 Å². The van der Waals surface area contributed by atoms with Crippen molar-refractivity contribution < 1.29 is 28.8 Å². The molecule has 12 heteroatoms. The maximum Gasteiger partial charge on any atom is 0.287 e. The highest BCUT2D eigenvalue weighted by Gasteiger charge is 2.85. The maximum atomic E-state index is 14.9. The number of rotatable bonds is 13. The molecule has 5 aliphatic rings. The number of fused-ring (bicyclic) bond motifs is 1. The molecular weight excluding hydrogens is 648 g/mol. The van der Waals surface area contributed by atoms with Crippen molar-refractivity contribution >= 4 is 35.3 Å². The largest absolute Gasteiger partial charge is 0.363 e. The Morgan fingerprint density at radius 3 is 1.92 bits per heavy atom. The second-order valence-corrected chi connectivity index (χ2v) is 19.1. The molecule has 12 nitrogen and oxygen atoms in total. The summed E-state index contributed by atoms with van der Waals surface area (Å²) in [5.41, 5.74) is 9.70. The number of amides is 5. The average molecular weight is 713 g/mol. The fraction of sp³-hybridized carbons (Fsp3) is 0.846. The Morgan fingerprint density at radius 1 is 0.824 bits per heavy atom. The van der Waals surface area contributed by atoms with Crippen LogP contribution in [0.4, 0.5) is 0 Å². The Labute approximate surface area is 304 Å². The molecule has 51 heavy (non-hydrogen) atoms. The Hall–Kier alpha value is -3.02. The van der Waals surface area contributed by atoms with E-state index in [1.165, 1.54) is 0 Å². The molecule has 0 radical (unpaired) electrons. The third kappa shape index (κ3) is 7.45. The maximum absolute atomic E-state index is 14.9. The lowest BCUT2D eigenvalue weighted by atomic mass is 9.73. The lowest BCUT2D eigenvalue weighted by Crippen LogP contribution is -2.62. The molecule has 1 unspecified atom stereocenters. The van der Waals surface area contributed by atoms with E-state index in [1.807, 2.05) is 20.8 Å². The van der Waals surface area contributed by atoms with Crippen molar-refractivity contribution in [3.05, 3.63) is 0 Å². The predicted molar refractivity (Wildman–Crippen MR) is 193 cm³/mol. The summed E-state index contributed by atoms with van der Waals surface area (Å²) < 4.78 is 0. The van der Waals surface area contributed by atoms with Gasteiger partial charge in [-0.15, -0.1) is 0 Å². The highest BCUT2D eigenvalue weighted by Crippen LogP contribution is 2.88. The molecule has 4 aliphatic carbocycles. The first-order valence-corrected chi connectivity index (χ1v) is 19.5. The van der Waals surface area contributed by atoms with E-state index in [2.05, 4.69) is 29.8 Å². The third-order valence-corrected chi connectivity index (χ3v) is 13.8. The Kier molecular flexibility index (Phi) is 10.8. The highest BCUT2D eigenvalue weighted by molar-refractivity contribution is 6.37. The Morgan fingerprint density at radius 2 is 1.45 bits per heavy atom. The number of likely N-dealkylation sites (tertiary alicyclic amines) is 1. The van der Waals surface area contributed by atoms with E-state index >= 15 is 0 Å². The van der Waals surface area contributed by atoms with Gasteiger partial charge in [-0.2, -0.15) is 0 Å². The Bertz CT molecular complexity index is 1400. The van der Waals surface area contributed by atoms with Gasteiger partial charge in [0.1, 0.15) is 18.1 Å². The Balaban J connectivity index is 1.43. The van der Waals surface area contributed by atoms with Crippen LogP contribution < -0.4 is 27.4 Å². The SMILES string of the molecule is CC(C)(N)CC(=O)N[C@H](C(=O)N[C@H](C(=O)N1C[C@]2(C[C@H]1C(=O)NC(CC1CCC1)C(=O)C(N)=O)C(C)(C)C21CCC1)C(C)(C)C)C1CCCCC1. The summed E-state index contributed by atoms with van der Waals surface area (Å²) in [6.45, 7) is 14.0. The van der Waals surface area contributed by atoms with Gasteiger partial charge >= 0.3 is 0 Å². The highest BCUT2D eigenvalue weighted by atomic mass is 16.2. The van der Waals surface area contributed by atoms with Gasteiger partial charge in [0.05, 0.1) is 6.04 Å². The van der Waals surface area contributed by atoms with Crippen LogP contribution in [0.5, 0.6) is 0 Å². The van der Waals surface area contributed by atoms with E-state index < -0.39 is 58.6 Å². The first-order valence-electron chi connectivity index (χ1n) is 19.5. The smallest absolute Gasteiger partial charge is 0.287 e. The molecule has 286 valence electrons. The third-order valence-electron chi connectivity index (χ3n) is 13.8. The van der Waals surface area contributed by atoms with Gasteiger partial charge in [-0.05, 0) is 80.5 Å². The zero-order valence-corrected chi connectivity index (χ0v) is 32.1. The van der Waals surface area contributed by atoms with Crippen LogP contribution in [0.3, 0.4) is 0 Å². The molecular formula is C39H64N6O6. The zero-order chi connectivity index (χ0) is 37.7. The first-order chi connectivity index (χ1) is 23.6. The van der Waals surface area contributed by atoms with Gasteiger partial charge in [0.2, 0.25) is 29.4 Å². The van der Waals surface area contributed by atoms with Crippen LogP contribution in [-0.4, -0.2) is 76.5 Å². The number of carbonyl (C=O) groups is 6. The number of nitrogens with one attached hydrogen (secondary N) is 3. The number of ketones is 1. The van der Waals surface area contributed by atoms with Crippen LogP contribution in [0.25, 0.3) is 0 Å². The second-order valence-electron chi connectivity index (χ2n) is 19.1. The van der Waals surface area contributed by atoms with Gasteiger partial charge in [0.15, 0.2) is 0 Å². The molecule has 0 aromatic rings. The molecule has 1 aliphatic heterocycles. The molecule has 5 atom stereocenters. The van der Waals surface area contributed by atoms with Gasteiger partial charge in [-0.3, -0.25) is 28.8 Å². The molecule has 5 amide bonds. The van der Waals surface area contributed by atoms with Gasteiger partial charge in [0, 0.05) is 23.9 Å². The van der Waals surface area contributed by atoms with Gasteiger partial charge < -0.3 is 32.3 Å². The topological polar surface area (TPSA) is 194 Å². The quantitative estimate of drug-likeness (QED) is 0.181. The van der Waals surface area contributed by atoms with E-state index in [4.69, 9.17) is 11.5 Å². The van der Waals surface area contributed by atoms with Crippen molar-refractivity contribution in [1.29, 1.82) is 0 Å². The van der Waals surface area contributed by atoms with Crippen molar-refractivity contribution in [1.82, 2.24) is 20.9 Å². The van der Waals surface area contributed by atoms with E-state index in [0.29, 0.717) is 19.4 Å². The summed E-state index contributed by atoms with van der Waals surface area (Å²) in [5.74, 6) is -3.31. The fourth-order valence-electron chi connectivity index (χ4n) is 10.3. The molecule has 1 saturated heterocycles. The van der Waals surface area contributed by atoms with Crippen molar-refractivity contribution in [3.8, 4) is 0 Å². The number of Topliss-reactive ketones (excluding diaryl/α,β-unsaturated/α-hetero) is 1. The summed E-state index contributed by atoms with van der Waals surface area (Å²) >= 11 is 0. The minimum absolute atomic E-state index is 0.0234. The monoisotopic (exact) mass is 712 g/mol. The summed E-state index contributed by atoms with van der Waals surface area (Å²) in [4.78, 5) is 83.3. The molecule has 4 saturated carbocycles. The number of carbonyl (C=O) groups excluding carboxylic acids is 6. The molecule has 1 heterocycles. The number of nitrogens with zero attached hydrogens (tertiary/aromatic N) is 1. The van der Waals surface area contributed by atoms with E-state index in [0.717, 1.165) is 70.6 Å². The molecule has 0 bridgehead atoms.